The average molecular weight is 83.1 g/mol. The van der Waals surface area contributed by atoms with E-state index in [4.69, 9.17) is 5.11 Å². The van der Waals surface area contributed by atoms with Crippen molar-refractivity contribution in [3.05, 3.63) is 12.2 Å². The molecule has 0 saturated carbocycles. The van der Waals surface area contributed by atoms with Crippen LogP contribution in [-0.4, -0.2) is 10.7 Å². The molecule has 0 spiro atoms. The van der Waals surface area contributed by atoms with Gasteiger partial charge < -0.3 is 5.11 Å². The van der Waals surface area contributed by atoms with Crippen molar-refractivity contribution in [2.45, 2.75) is 18.9 Å². The van der Waals surface area contributed by atoms with Crippen LogP contribution in [0.1, 0.15) is 13.3 Å². The van der Waals surface area contributed by atoms with Crippen LogP contribution in [0.25, 0.3) is 0 Å². The summed E-state index contributed by atoms with van der Waals surface area (Å²) in [5.74, 6) is 0. The molecule has 1 rings (SSSR count). The van der Waals surface area contributed by atoms with Crippen LogP contribution >= 0.6 is 0 Å². The lowest BCUT2D eigenvalue weighted by Crippen LogP contribution is -2.25. The number of hydrogen-bond donors (Lipinski definition) is 1. The van der Waals surface area contributed by atoms with E-state index in [-0.39, 0.29) is 0 Å². The first-order chi connectivity index (χ1) is 2.71. The molecule has 6 heavy (non-hydrogen) atoms. The Hall–Kier alpha value is -0.300. The Labute approximate surface area is 37.3 Å². The van der Waals surface area contributed by atoms with Crippen molar-refractivity contribution in [2.24, 2.45) is 0 Å². The molecular formula is C5H7O. The van der Waals surface area contributed by atoms with E-state index >= 15 is 0 Å². The van der Waals surface area contributed by atoms with E-state index < -0.39 is 5.60 Å². The highest BCUT2D eigenvalue weighted by molar-refractivity contribution is 5.06. The van der Waals surface area contributed by atoms with Crippen molar-refractivity contribution >= 4 is 0 Å². The molecule has 0 fully saturated rings. The molecule has 0 aromatic carbocycles. The molecule has 0 amide bonds. The summed E-state index contributed by atoms with van der Waals surface area (Å²) in [5.41, 5.74) is -0.514. The highest BCUT2D eigenvalue weighted by atomic mass is 16.3. The molecule has 1 aliphatic rings. The standard InChI is InChI=1S/C5H7O/c1-5(6)3-2-4-5/h3,6H,4H2,1H3. The second kappa shape index (κ2) is 0.850. The quantitative estimate of drug-likeness (QED) is 0.452. The minimum absolute atomic E-state index is 0.514. The van der Waals surface area contributed by atoms with Gasteiger partial charge in [0.25, 0.3) is 0 Å². The molecule has 1 aliphatic carbocycles. The maximum Gasteiger partial charge on any atom is 0.0845 e. The second-order valence-corrected chi connectivity index (χ2v) is 1.88. The van der Waals surface area contributed by atoms with Crippen molar-refractivity contribution in [1.29, 1.82) is 0 Å². The van der Waals surface area contributed by atoms with Gasteiger partial charge in [-0.25, -0.2) is 0 Å². The highest BCUT2D eigenvalue weighted by Gasteiger charge is 2.20. The predicted octanol–water partition coefficient (Wildman–Crippen LogP) is 0.500. The van der Waals surface area contributed by atoms with Crippen molar-refractivity contribution in [3.8, 4) is 0 Å². The Morgan fingerprint density at radius 1 is 2.00 bits per heavy atom. The summed E-state index contributed by atoms with van der Waals surface area (Å²) in [7, 11) is 0. The molecule has 1 N–H and O–H groups in total. The van der Waals surface area contributed by atoms with Gasteiger partial charge >= 0.3 is 0 Å². The summed E-state index contributed by atoms with van der Waals surface area (Å²) in [4.78, 5) is 0. The van der Waals surface area contributed by atoms with Gasteiger partial charge in [-0.05, 0) is 19.1 Å². The average Bonchev–Trinajstić information content (AvgIpc) is 1.32. The second-order valence-electron chi connectivity index (χ2n) is 1.88. The lowest BCUT2D eigenvalue weighted by atomic mass is 9.92. The molecule has 0 aromatic heterocycles. The van der Waals surface area contributed by atoms with Gasteiger partial charge in [0, 0.05) is 6.42 Å². The first-order valence-corrected chi connectivity index (χ1v) is 2.01. The maximum absolute atomic E-state index is 8.80. The molecule has 0 aromatic rings. The summed E-state index contributed by atoms with van der Waals surface area (Å²) in [6.45, 7) is 1.77. The van der Waals surface area contributed by atoms with E-state index in [0.29, 0.717) is 6.42 Å². The zero-order valence-corrected chi connectivity index (χ0v) is 3.73. The SMILES string of the molecule is CC1(O)C=[C]C1. The number of rotatable bonds is 0. The smallest absolute Gasteiger partial charge is 0.0845 e. The van der Waals surface area contributed by atoms with Gasteiger partial charge in [-0.2, -0.15) is 0 Å². The molecule has 0 saturated heterocycles. The van der Waals surface area contributed by atoms with Gasteiger partial charge in [0.1, 0.15) is 0 Å². The van der Waals surface area contributed by atoms with Crippen LogP contribution in [0.5, 0.6) is 0 Å². The fourth-order valence-electron chi connectivity index (χ4n) is 0.397. The van der Waals surface area contributed by atoms with Crippen LogP contribution in [0.4, 0.5) is 0 Å². The number of aliphatic hydroxyl groups is 1. The third-order valence-electron chi connectivity index (χ3n) is 0.873. The van der Waals surface area contributed by atoms with E-state index in [1.807, 2.05) is 0 Å². The van der Waals surface area contributed by atoms with E-state index in [9.17, 15) is 0 Å². The highest BCUT2D eigenvalue weighted by Crippen LogP contribution is 2.19. The lowest BCUT2D eigenvalue weighted by Gasteiger charge is -2.22. The summed E-state index contributed by atoms with van der Waals surface area (Å²) in [5, 5.41) is 8.80. The fraction of sp³-hybridized carbons (Fsp3) is 0.600. The third kappa shape index (κ3) is 0.455. The summed E-state index contributed by atoms with van der Waals surface area (Å²) >= 11 is 0. The van der Waals surface area contributed by atoms with Crippen LogP contribution in [0.2, 0.25) is 0 Å². The largest absolute Gasteiger partial charge is 0.386 e. The summed E-state index contributed by atoms with van der Waals surface area (Å²) in [6, 6.07) is 0. The molecule has 0 bridgehead atoms. The fourth-order valence-corrected chi connectivity index (χ4v) is 0.397. The number of hydrogen-bond acceptors (Lipinski definition) is 1. The topological polar surface area (TPSA) is 20.2 Å². The maximum atomic E-state index is 8.80. The molecule has 0 aliphatic heterocycles. The van der Waals surface area contributed by atoms with E-state index in [0.717, 1.165) is 0 Å². The molecule has 0 heterocycles. The first-order valence-electron chi connectivity index (χ1n) is 2.01. The van der Waals surface area contributed by atoms with Crippen LogP contribution in [0.3, 0.4) is 0 Å². The zero-order valence-electron chi connectivity index (χ0n) is 3.73. The summed E-state index contributed by atoms with van der Waals surface area (Å²) in [6.07, 6.45) is 5.20. The minimum Gasteiger partial charge on any atom is -0.386 e. The Bertz CT molecular complexity index is 81.9. The van der Waals surface area contributed by atoms with Gasteiger partial charge in [-0.3, -0.25) is 0 Å². The third-order valence-corrected chi connectivity index (χ3v) is 0.873. The van der Waals surface area contributed by atoms with Crippen LogP contribution < -0.4 is 0 Å². The van der Waals surface area contributed by atoms with Crippen molar-refractivity contribution in [3.63, 3.8) is 0 Å². The molecule has 1 radical (unpaired) electrons. The van der Waals surface area contributed by atoms with Crippen LogP contribution in [0, 0.1) is 6.08 Å². The Morgan fingerprint density at radius 2 is 2.33 bits per heavy atom. The van der Waals surface area contributed by atoms with Gasteiger partial charge in [0.05, 0.1) is 5.60 Å². The zero-order chi connectivity index (χ0) is 4.62. The Balaban J connectivity index is 2.57. The molecule has 1 unspecified atom stereocenters. The Morgan fingerprint density at radius 3 is 2.33 bits per heavy atom. The van der Waals surface area contributed by atoms with Crippen LogP contribution in [-0.2, 0) is 0 Å². The van der Waals surface area contributed by atoms with Gasteiger partial charge in [0.2, 0.25) is 0 Å². The lowest BCUT2D eigenvalue weighted by molar-refractivity contribution is 0.0936. The molecular weight excluding hydrogens is 76.1 g/mol. The van der Waals surface area contributed by atoms with Crippen molar-refractivity contribution in [1.82, 2.24) is 0 Å². The molecule has 1 nitrogen and oxygen atoms in total. The molecule has 33 valence electrons. The van der Waals surface area contributed by atoms with Gasteiger partial charge in [-0.1, -0.05) is 0 Å². The monoisotopic (exact) mass is 83.0 g/mol. The van der Waals surface area contributed by atoms with E-state index in [1.165, 1.54) is 0 Å². The molecule has 1 heteroatoms. The van der Waals surface area contributed by atoms with Crippen LogP contribution in [0.15, 0.2) is 6.08 Å². The van der Waals surface area contributed by atoms with Crippen molar-refractivity contribution < 1.29 is 5.11 Å². The Kier molecular flexibility index (Phi) is 0.549. The normalized spacial score (nSPS) is 42.3. The van der Waals surface area contributed by atoms with E-state index in [1.54, 1.807) is 13.0 Å². The molecule has 1 atom stereocenters. The minimum atomic E-state index is -0.514. The van der Waals surface area contributed by atoms with Gasteiger partial charge in [-0.15, -0.1) is 0 Å². The van der Waals surface area contributed by atoms with E-state index in [2.05, 4.69) is 6.08 Å². The first kappa shape index (κ1) is 3.88. The van der Waals surface area contributed by atoms with Crippen molar-refractivity contribution in [2.75, 3.05) is 0 Å². The summed E-state index contributed by atoms with van der Waals surface area (Å²) < 4.78 is 0. The van der Waals surface area contributed by atoms with Gasteiger partial charge in [0.15, 0.2) is 0 Å². The predicted molar refractivity (Wildman–Crippen MR) is 23.1 cm³/mol.